The van der Waals surface area contributed by atoms with E-state index in [2.05, 4.69) is 18.7 Å². The summed E-state index contributed by atoms with van der Waals surface area (Å²) in [6.07, 6.45) is 2.43. The average molecular weight is 277 g/mol. The van der Waals surface area contributed by atoms with Gasteiger partial charge in [-0.25, -0.2) is 4.79 Å². The van der Waals surface area contributed by atoms with Crippen molar-refractivity contribution in [2.75, 3.05) is 13.7 Å². The lowest BCUT2D eigenvalue weighted by Gasteiger charge is -2.28. The van der Waals surface area contributed by atoms with E-state index in [4.69, 9.17) is 9.84 Å². The van der Waals surface area contributed by atoms with Crippen molar-refractivity contribution in [3.8, 4) is 5.75 Å². The van der Waals surface area contributed by atoms with Gasteiger partial charge in [0.15, 0.2) is 0 Å². The Kier molecular flexibility index (Phi) is 4.65. The molecule has 0 saturated carbocycles. The number of carboxylic acids is 1. The van der Waals surface area contributed by atoms with Gasteiger partial charge >= 0.3 is 5.97 Å². The second kappa shape index (κ2) is 6.27. The van der Waals surface area contributed by atoms with E-state index in [1.807, 2.05) is 0 Å². The molecule has 1 aliphatic heterocycles. The van der Waals surface area contributed by atoms with E-state index in [1.54, 1.807) is 25.3 Å². The monoisotopic (exact) mass is 277 g/mol. The third-order valence-corrected chi connectivity index (χ3v) is 4.08. The van der Waals surface area contributed by atoms with E-state index >= 15 is 0 Å². The van der Waals surface area contributed by atoms with Crippen molar-refractivity contribution in [3.05, 3.63) is 29.3 Å². The van der Waals surface area contributed by atoms with Gasteiger partial charge in [-0.05, 0) is 43.5 Å². The summed E-state index contributed by atoms with van der Waals surface area (Å²) in [7, 11) is 1.63. The third-order valence-electron chi connectivity index (χ3n) is 4.08. The number of carbonyl (C=O) groups is 1. The lowest BCUT2D eigenvalue weighted by atomic mass is 10.0. The minimum atomic E-state index is -0.893. The van der Waals surface area contributed by atoms with Crippen LogP contribution < -0.4 is 4.74 Å². The minimum absolute atomic E-state index is 0.320. The van der Waals surface area contributed by atoms with Gasteiger partial charge in [0.2, 0.25) is 0 Å². The zero-order chi connectivity index (χ0) is 14.7. The van der Waals surface area contributed by atoms with Crippen LogP contribution in [0.1, 0.15) is 42.6 Å². The fourth-order valence-electron chi connectivity index (χ4n) is 3.06. The maximum absolute atomic E-state index is 11.1. The molecule has 0 radical (unpaired) electrons. The summed E-state index contributed by atoms with van der Waals surface area (Å²) in [5, 5.41) is 9.12. The SMILES string of the molecule is COc1ccc(C(=O)O)cc1CN1CCCC1C(C)C. The molecule has 4 heteroatoms. The molecule has 0 aromatic heterocycles. The standard InChI is InChI=1S/C16H23NO3/c1-11(2)14-5-4-8-17(14)10-13-9-12(16(18)19)6-7-15(13)20-3/h6-7,9,11,14H,4-5,8,10H2,1-3H3,(H,18,19). The maximum Gasteiger partial charge on any atom is 0.335 e. The van der Waals surface area contributed by atoms with Crippen LogP contribution in [0.15, 0.2) is 18.2 Å². The number of aromatic carboxylic acids is 1. The lowest BCUT2D eigenvalue weighted by Crippen LogP contribution is -2.33. The summed E-state index contributed by atoms with van der Waals surface area (Å²) in [5.74, 6) is 0.492. The van der Waals surface area contributed by atoms with Gasteiger partial charge in [-0.2, -0.15) is 0 Å². The topological polar surface area (TPSA) is 49.8 Å². The van der Waals surface area contributed by atoms with Crippen LogP contribution in [0.3, 0.4) is 0 Å². The molecule has 1 unspecified atom stereocenters. The van der Waals surface area contributed by atoms with Crippen LogP contribution in [-0.4, -0.2) is 35.7 Å². The van der Waals surface area contributed by atoms with E-state index in [0.717, 1.165) is 24.4 Å². The van der Waals surface area contributed by atoms with Crippen LogP contribution in [-0.2, 0) is 6.54 Å². The van der Waals surface area contributed by atoms with Crippen molar-refractivity contribution in [1.82, 2.24) is 4.90 Å². The van der Waals surface area contributed by atoms with Crippen LogP contribution in [0.5, 0.6) is 5.75 Å². The molecule has 0 amide bonds. The molecule has 1 N–H and O–H groups in total. The summed E-state index contributed by atoms with van der Waals surface area (Å²) < 4.78 is 5.37. The van der Waals surface area contributed by atoms with E-state index in [0.29, 0.717) is 17.5 Å². The zero-order valence-corrected chi connectivity index (χ0v) is 12.4. The van der Waals surface area contributed by atoms with Crippen molar-refractivity contribution in [1.29, 1.82) is 0 Å². The highest BCUT2D eigenvalue weighted by Gasteiger charge is 2.27. The lowest BCUT2D eigenvalue weighted by molar-refractivity contribution is 0.0696. The highest BCUT2D eigenvalue weighted by atomic mass is 16.5. The number of benzene rings is 1. The van der Waals surface area contributed by atoms with E-state index < -0.39 is 5.97 Å². The molecule has 1 atom stereocenters. The van der Waals surface area contributed by atoms with Gasteiger partial charge in [0.1, 0.15) is 5.75 Å². The van der Waals surface area contributed by atoms with Crippen LogP contribution in [0.4, 0.5) is 0 Å². The Bertz CT molecular complexity index is 485. The molecule has 0 bridgehead atoms. The molecule has 1 aromatic carbocycles. The molecule has 1 saturated heterocycles. The predicted molar refractivity (Wildman–Crippen MR) is 78.2 cm³/mol. The van der Waals surface area contributed by atoms with Crippen molar-refractivity contribution in [3.63, 3.8) is 0 Å². The fourth-order valence-corrected chi connectivity index (χ4v) is 3.06. The maximum atomic E-state index is 11.1. The highest BCUT2D eigenvalue weighted by Crippen LogP contribution is 2.29. The average Bonchev–Trinajstić information content (AvgIpc) is 2.87. The normalized spacial score (nSPS) is 19.5. The number of likely N-dealkylation sites (tertiary alicyclic amines) is 1. The Labute approximate surface area is 120 Å². The second-order valence-electron chi connectivity index (χ2n) is 5.76. The molecule has 2 rings (SSSR count). The summed E-state index contributed by atoms with van der Waals surface area (Å²) in [5.41, 5.74) is 1.28. The Morgan fingerprint density at radius 3 is 2.85 bits per heavy atom. The number of hydrogen-bond donors (Lipinski definition) is 1. The first kappa shape index (κ1) is 14.9. The first-order valence-corrected chi connectivity index (χ1v) is 7.17. The number of carboxylic acid groups (broad SMARTS) is 1. The third kappa shape index (κ3) is 3.12. The van der Waals surface area contributed by atoms with E-state index in [1.165, 1.54) is 12.8 Å². The van der Waals surface area contributed by atoms with Crippen molar-refractivity contribution in [2.45, 2.75) is 39.3 Å². The van der Waals surface area contributed by atoms with Crippen molar-refractivity contribution < 1.29 is 14.6 Å². The predicted octanol–water partition coefficient (Wildman–Crippen LogP) is 3.01. The molecule has 0 aliphatic carbocycles. The van der Waals surface area contributed by atoms with Crippen LogP contribution in [0.2, 0.25) is 0 Å². The molecule has 1 aliphatic rings. The van der Waals surface area contributed by atoms with Gasteiger partial charge in [-0.15, -0.1) is 0 Å². The van der Waals surface area contributed by atoms with E-state index in [9.17, 15) is 4.79 Å². The summed E-state index contributed by atoms with van der Waals surface area (Å²) in [4.78, 5) is 13.5. The number of hydrogen-bond acceptors (Lipinski definition) is 3. The van der Waals surface area contributed by atoms with Gasteiger partial charge in [0.25, 0.3) is 0 Å². The number of rotatable bonds is 5. The van der Waals surface area contributed by atoms with Crippen molar-refractivity contribution >= 4 is 5.97 Å². The van der Waals surface area contributed by atoms with Gasteiger partial charge in [0.05, 0.1) is 12.7 Å². The molecule has 1 aromatic rings. The summed E-state index contributed by atoms with van der Waals surface area (Å²) >= 11 is 0. The Morgan fingerprint density at radius 1 is 1.50 bits per heavy atom. The highest BCUT2D eigenvalue weighted by molar-refractivity contribution is 5.88. The number of methoxy groups -OCH3 is 1. The largest absolute Gasteiger partial charge is 0.496 e. The molecule has 110 valence electrons. The number of ether oxygens (including phenoxy) is 1. The smallest absolute Gasteiger partial charge is 0.335 e. The van der Waals surface area contributed by atoms with Crippen LogP contribution in [0, 0.1) is 5.92 Å². The molecule has 4 nitrogen and oxygen atoms in total. The molecule has 1 heterocycles. The van der Waals surface area contributed by atoms with E-state index in [-0.39, 0.29) is 0 Å². The number of nitrogens with zero attached hydrogens (tertiary/aromatic N) is 1. The first-order chi connectivity index (χ1) is 9.52. The van der Waals surface area contributed by atoms with Gasteiger partial charge < -0.3 is 9.84 Å². The molecular weight excluding hydrogens is 254 g/mol. The summed E-state index contributed by atoms with van der Waals surface area (Å²) in [6.45, 7) is 6.32. The quantitative estimate of drug-likeness (QED) is 0.899. The molecule has 0 spiro atoms. The zero-order valence-electron chi connectivity index (χ0n) is 12.4. The Balaban J connectivity index is 2.23. The summed E-state index contributed by atoms with van der Waals surface area (Å²) in [6, 6.07) is 5.65. The Hall–Kier alpha value is -1.55. The van der Waals surface area contributed by atoms with Gasteiger partial charge in [-0.1, -0.05) is 13.8 Å². The Morgan fingerprint density at radius 2 is 2.25 bits per heavy atom. The fraction of sp³-hybridized carbons (Fsp3) is 0.562. The van der Waals surface area contributed by atoms with Crippen LogP contribution >= 0.6 is 0 Å². The molecular formula is C16H23NO3. The minimum Gasteiger partial charge on any atom is -0.496 e. The van der Waals surface area contributed by atoms with Gasteiger partial charge in [-0.3, -0.25) is 4.90 Å². The van der Waals surface area contributed by atoms with Gasteiger partial charge in [0, 0.05) is 18.2 Å². The van der Waals surface area contributed by atoms with Crippen molar-refractivity contribution in [2.24, 2.45) is 5.92 Å². The second-order valence-corrected chi connectivity index (χ2v) is 5.76. The first-order valence-electron chi connectivity index (χ1n) is 7.17. The van der Waals surface area contributed by atoms with Crippen LogP contribution in [0.25, 0.3) is 0 Å². The molecule has 20 heavy (non-hydrogen) atoms. The molecule has 1 fully saturated rings.